The minimum Gasteiger partial charge on any atom is -0.463 e. The molecule has 2 amide bonds. The number of nitrogens with zero attached hydrogens (tertiary/aromatic N) is 2. The van der Waals surface area contributed by atoms with Crippen LogP contribution in [0.3, 0.4) is 0 Å². The second kappa shape index (κ2) is 11.0. The average Bonchev–Trinajstić information content (AvgIpc) is 3.00. The van der Waals surface area contributed by atoms with Crippen LogP contribution < -0.4 is 10.6 Å². The van der Waals surface area contributed by atoms with Gasteiger partial charge in [-0.3, -0.25) is 19.3 Å². The fourth-order valence-electron chi connectivity index (χ4n) is 2.75. The summed E-state index contributed by atoms with van der Waals surface area (Å²) in [5.41, 5.74) is 7.79. The van der Waals surface area contributed by atoms with Crippen LogP contribution in [-0.2, 0) is 25.5 Å². The van der Waals surface area contributed by atoms with Gasteiger partial charge in [-0.1, -0.05) is 12.1 Å². The molecule has 7 nitrogen and oxygen atoms in total. The Morgan fingerprint density at radius 2 is 1.64 bits per heavy atom. The zero-order valence-corrected chi connectivity index (χ0v) is 16.9. The molecule has 0 unspecified atom stereocenters. The van der Waals surface area contributed by atoms with Crippen LogP contribution in [0.15, 0.2) is 36.4 Å². The Morgan fingerprint density at radius 3 is 2.18 bits per heavy atom. The third kappa shape index (κ3) is 6.22. The van der Waals surface area contributed by atoms with E-state index in [2.05, 4.69) is 4.90 Å². The van der Waals surface area contributed by atoms with Crippen molar-refractivity contribution in [3.63, 3.8) is 0 Å². The predicted octanol–water partition coefficient (Wildman–Crippen LogP) is 1.31. The highest BCUT2D eigenvalue weighted by atomic mass is 35.5. The molecule has 1 aromatic carbocycles. The summed E-state index contributed by atoms with van der Waals surface area (Å²) in [6, 6.07) is 6.82. The van der Waals surface area contributed by atoms with Gasteiger partial charge in [-0.15, -0.1) is 23.2 Å². The largest absolute Gasteiger partial charge is 0.463 e. The molecule has 2 N–H and O–H groups in total. The van der Waals surface area contributed by atoms with E-state index in [1.807, 2.05) is 24.3 Å². The summed E-state index contributed by atoms with van der Waals surface area (Å²) in [6.45, 7) is 1.30. The highest BCUT2D eigenvalue weighted by Crippen LogP contribution is 2.16. The van der Waals surface area contributed by atoms with Gasteiger partial charge in [0.2, 0.25) is 0 Å². The van der Waals surface area contributed by atoms with Gasteiger partial charge in [-0.05, 0) is 24.1 Å². The monoisotopic (exact) mass is 427 g/mol. The molecular weight excluding hydrogens is 405 g/mol. The molecule has 28 heavy (non-hydrogen) atoms. The number of amides is 2. The van der Waals surface area contributed by atoms with Gasteiger partial charge in [-0.25, -0.2) is 0 Å². The Bertz CT molecular complexity index is 700. The first-order chi connectivity index (χ1) is 13.5. The molecule has 0 radical (unpaired) electrons. The summed E-state index contributed by atoms with van der Waals surface area (Å²) >= 11 is 11.6. The molecule has 0 saturated carbocycles. The van der Waals surface area contributed by atoms with Gasteiger partial charge >= 0.3 is 5.97 Å². The number of carbonyl (C=O) groups excluding carboxylic acids is 3. The van der Waals surface area contributed by atoms with Crippen molar-refractivity contribution >= 4 is 46.7 Å². The third-order valence-electron chi connectivity index (χ3n) is 4.23. The molecule has 0 bridgehead atoms. The van der Waals surface area contributed by atoms with Crippen molar-refractivity contribution in [2.75, 3.05) is 42.9 Å². The normalized spacial score (nSPS) is 14.5. The van der Waals surface area contributed by atoms with Crippen molar-refractivity contribution in [1.29, 1.82) is 0 Å². The van der Waals surface area contributed by atoms with Crippen LogP contribution in [0.25, 0.3) is 0 Å². The molecular formula is C19H23Cl2N3O4. The first-order valence-electron chi connectivity index (χ1n) is 8.88. The van der Waals surface area contributed by atoms with Crippen LogP contribution in [-0.4, -0.2) is 66.7 Å². The summed E-state index contributed by atoms with van der Waals surface area (Å²) < 4.78 is 5.09. The number of benzene rings is 1. The van der Waals surface area contributed by atoms with Crippen LogP contribution in [0.2, 0.25) is 0 Å². The zero-order chi connectivity index (χ0) is 20.5. The van der Waals surface area contributed by atoms with E-state index < -0.39 is 23.8 Å². The predicted molar refractivity (Wildman–Crippen MR) is 109 cm³/mol. The fourth-order valence-corrected chi connectivity index (χ4v) is 3.16. The van der Waals surface area contributed by atoms with Crippen LogP contribution in [0, 0.1) is 0 Å². The summed E-state index contributed by atoms with van der Waals surface area (Å²) in [5.74, 6) is -0.409. The van der Waals surface area contributed by atoms with Crippen LogP contribution in [0.1, 0.15) is 5.56 Å². The SMILES string of the molecule is N[C@@H](Cc1ccc(N(CCCl)CCCl)cc1)C(=O)OCCN1C(=O)C=CC1=O. The van der Waals surface area contributed by atoms with E-state index in [0.717, 1.165) is 16.2 Å². The van der Waals surface area contributed by atoms with E-state index >= 15 is 0 Å². The Kier molecular flexibility index (Phi) is 8.76. The maximum atomic E-state index is 12.0. The zero-order valence-electron chi connectivity index (χ0n) is 15.4. The van der Waals surface area contributed by atoms with Crippen molar-refractivity contribution < 1.29 is 19.1 Å². The molecule has 2 rings (SSSR count). The Labute approximate surface area is 174 Å². The number of carbonyl (C=O) groups is 3. The van der Waals surface area contributed by atoms with Crippen LogP contribution >= 0.6 is 23.2 Å². The number of rotatable bonds is 11. The lowest BCUT2D eigenvalue weighted by molar-refractivity contribution is -0.148. The molecule has 0 aliphatic carbocycles. The highest BCUT2D eigenvalue weighted by molar-refractivity contribution is 6.18. The molecule has 0 spiro atoms. The van der Waals surface area contributed by atoms with Gasteiger partial charge in [0.05, 0.1) is 6.54 Å². The van der Waals surface area contributed by atoms with Gasteiger partial charge in [0.15, 0.2) is 0 Å². The summed E-state index contributed by atoms with van der Waals surface area (Å²) in [6.07, 6.45) is 2.68. The minimum absolute atomic E-state index is 0.00873. The molecule has 1 atom stereocenters. The van der Waals surface area contributed by atoms with E-state index in [-0.39, 0.29) is 13.2 Å². The van der Waals surface area contributed by atoms with Gasteiger partial charge < -0.3 is 15.4 Å². The number of imide groups is 1. The molecule has 1 aliphatic rings. The number of hydrogen-bond donors (Lipinski definition) is 1. The molecule has 1 aliphatic heterocycles. The second-order valence-corrected chi connectivity index (χ2v) is 6.93. The van der Waals surface area contributed by atoms with Crippen molar-refractivity contribution in [1.82, 2.24) is 4.90 Å². The lowest BCUT2D eigenvalue weighted by Gasteiger charge is -2.23. The van der Waals surface area contributed by atoms with E-state index in [0.29, 0.717) is 31.3 Å². The summed E-state index contributed by atoms with van der Waals surface area (Å²) in [4.78, 5) is 38.0. The molecule has 1 heterocycles. The van der Waals surface area contributed by atoms with Crippen molar-refractivity contribution in [2.24, 2.45) is 5.73 Å². The molecule has 0 fully saturated rings. The number of halogens is 2. The summed E-state index contributed by atoms with van der Waals surface area (Å²) in [5, 5.41) is 0. The minimum atomic E-state index is -0.837. The van der Waals surface area contributed by atoms with Gasteiger partial charge in [-0.2, -0.15) is 0 Å². The van der Waals surface area contributed by atoms with Gasteiger partial charge in [0.25, 0.3) is 11.8 Å². The molecule has 0 saturated heterocycles. The van der Waals surface area contributed by atoms with E-state index in [4.69, 9.17) is 33.7 Å². The molecule has 152 valence electrons. The molecule has 0 aromatic heterocycles. The first kappa shape index (κ1) is 22.2. The topological polar surface area (TPSA) is 92.9 Å². The number of nitrogens with two attached hydrogens (primary N) is 1. The number of hydrogen-bond acceptors (Lipinski definition) is 6. The Hall–Kier alpha value is -2.09. The lowest BCUT2D eigenvalue weighted by Crippen LogP contribution is -2.38. The van der Waals surface area contributed by atoms with Crippen molar-refractivity contribution in [3.8, 4) is 0 Å². The first-order valence-corrected chi connectivity index (χ1v) is 9.94. The molecule has 1 aromatic rings. The number of ether oxygens (including phenoxy) is 1. The second-order valence-electron chi connectivity index (χ2n) is 6.17. The number of esters is 1. The fraction of sp³-hybridized carbons (Fsp3) is 0.421. The lowest BCUT2D eigenvalue weighted by atomic mass is 10.1. The van der Waals surface area contributed by atoms with Crippen molar-refractivity contribution in [3.05, 3.63) is 42.0 Å². The van der Waals surface area contributed by atoms with Crippen LogP contribution in [0.5, 0.6) is 0 Å². The quantitative estimate of drug-likeness (QED) is 0.325. The maximum absolute atomic E-state index is 12.0. The van der Waals surface area contributed by atoms with Gasteiger partial charge in [0.1, 0.15) is 12.6 Å². The third-order valence-corrected chi connectivity index (χ3v) is 4.57. The Balaban J connectivity index is 1.81. The standard InChI is InChI=1S/C19H23Cl2N3O4/c20-7-9-23(10-8-21)15-3-1-14(2-4-15)13-16(22)19(27)28-12-11-24-17(25)5-6-18(24)26/h1-6,16H,7-13,22H2/t16-/m0/s1. The smallest absolute Gasteiger partial charge is 0.323 e. The van der Waals surface area contributed by atoms with Crippen LogP contribution in [0.4, 0.5) is 5.69 Å². The number of alkyl halides is 2. The van der Waals surface area contributed by atoms with E-state index in [1.165, 1.54) is 12.2 Å². The van der Waals surface area contributed by atoms with E-state index in [9.17, 15) is 14.4 Å². The van der Waals surface area contributed by atoms with Crippen molar-refractivity contribution in [2.45, 2.75) is 12.5 Å². The Morgan fingerprint density at radius 1 is 1.07 bits per heavy atom. The average molecular weight is 428 g/mol. The summed E-state index contributed by atoms with van der Waals surface area (Å²) in [7, 11) is 0. The maximum Gasteiger partial charge on any atom is 0.323 e. The van der Waals surface area contributed by atoms with Gasteiger partial charge in [0, 0.05) is 42.7 Å². The number of anilines is 1. The van der Waals surface area contributed by atoms with E-state index in [1.54, 1.807) is 0 Å². The molecule has 9 heteroatoms. The highest BCUT2D eigenvalue weighted by Gasteiger charge is 2.24.